The smallest absolute Gasteiger partial charge is 0.254 e. The number of rotatable bonds is 7. The predicted octanol–water partition coefficient (Wildman–Crippen LogP) is 2.34. The fraction of sp³-hybridized carbons (Fsp3) is 0.500. The summed E-state index contributed by atoms with van der Waals surface area (Å²) >= 11 is 0. The Hall–Kier alpha value is -3.03. The standard InChI is InChI=1S/C22H30N4O4/c1-13(2)25-22(28)17-12-24-26-7-6-15(9-18(17)26)11-23-21(27)16-10-20(30-5)19(29-4)8-14(16)3/h8,10,12-13,15H,6-7,9,11H2,1-5H3,(H,23,27)(H,25,28)/t15-/m1/s1. The highest BCUT2D eigenvalue weighted by molar-refractivity contribution is 5.96. The van der Waals surface area contributed by atoms with Gasteiger partial charge in [0.2, 0.25) is 0 Å². The molecule has 2 N–H and O–H groups in total. The molecule has 1 aromatic carbocycles. The number of ether oxygens (including phenoxy) is 2. The Morgan fingerprint density at radius 3 is 2.53 bits per heavy atom. The molecule has 1 aliphatic rings. The van der Waals surface area contributed by atoms with Gasteiger partial charge in [0.25, 0.3) is 11.8 Å². The Morgan fingerprint density at radius 2 is 1.87 bits per heavy atom. The molecule has 0 spiro atoms. The molecule has 0 radical (unpaired) electrons. The highest BCUT2D eigenvalue weighted by Gasteiger charge is 2.26. The van der Waals surface area contributed by atoms with Crippen LogP contribution in [0.15, 0.2) is 18.3 Å². The zero-order valence-electron chi connectivity index (χ0n) is 18.2. The van der Waals surface area contributed by atoms with E-state index in [0.717, 1.165) is 24.2 Å². The molecule has 162 valence electrons. The number of nitrogens with one attached hydrogen (secondary N) is 2. The van der Waals surface area contributed by atoms with E-state index in [1.54, 1.807) is 32.5 Å². The van der Waals surface area contributed by atoms with Crippen LogP contribution in [0.25, 0.3) is 0 Å². The largest absolute Gasteiger partial charge is 0.493 e. The van der Waals surface area contributed by atoms with Gasteiger partial charge in [-0.15, -0.1) is 0 Å². The summed E-state index contributed by atoms with van der Waals surface area (Å²) in [7, 11) is 3.12. The number of hydrogen-bond acceptors (Lipinski definition) is 5. The molecule has 2 amide bonds. The fourth-order valence-corrected chi connectivity index (χ4v) is 3.76. The molecular formula is C22H30N4O4. The van der Waals surface area contributed by atoms with Gasteiger partial charge < -0.3 is 20.1 Å². The Balaban J connectivity index is 1.66. The van der Waals surface area contributed by atoms with Crippen LogP contribution < -0.4 is 20.1 Å². The summed E-state index contributed by atoms with van der Waals surface area (Å²) in [5.41, 5.74) is 2.93. The van der Waals surface area contributed by atoms with Crippen LogP contribution in [0, 0.1) is 12.8 Å². The highest BCUT2D eigenvalue weighted by Crippen LogP contribution is 2.30. The van der Waals surface area contributed by atoms with Gasteiger partial charge in [-0.05, 0) is 57.2 Å². The van der Waals surface area contributed by atoms with Crippen LogP contribution in [0.2, 0.25) is 0 Å². The summed E-state index contributed by atoms with van der Waals surface area (Å²) < 4.78 is 12.5. The van der Waals surface area contributed by atoms with Crippen molar-refractivity contribution in [1.82, 2.24) is 20.4 Å². The molecule has 8 nitrogen and oxygen atoms in total. The van der Waals surface area contributed by atoms with Gasteiger partial charge in [-0.3, -0.25) is 14.3 Å². The molecular weight excluding hydrogens is 384 g/mol. The summed E-state index contributed by atoms with van der Waals surface area (Å²) in [4.78, 5) is 25.2. The predicted molar refractivity (Wildman–Crippen MR) is 113 cm³/mol. The second-order valence-corrected chi connectivity index (χ2v) is 7.95. The average Bonchev–Trinajstić information content (AvgIpc) is 3.14. The number of fused-ring (bicyclic) bond motifs is 1. The molecule has 1 aliphatic heterocycles. The first-order chi connectivity index (χ1) is 14.3. The lowest BCUT2D eigenvalue weighted by Crippen LogP contribution is -2.35. The zero-order valence-corrected chi connectivity index (χ0v) is 18.2. The summed E-state index contributed by atoms with van der Waals surface area (Å²) in [6.45, 7) is 7.00. The van der Waals surface area contributed by atoms with Crippen LogP contribution >= 0.6 is 0 Å². The first kappa shape index (κ1) is 21.7. The minimum Gasteiger partial charge on any atom is -0.493 e. The Bertz CT molecular complexity index is 935. The van der Waals surface area contributed by atoms with Crippen LogP contribution in [0.1, 0.15) is 52.2 Å². The van der Waals surface area contributed by atoms with E-state index in [1.807, 2.05) is 25.5 Å². The molecule has 0 bridgehead atoms. The van der Waals surface area contributed by atoms with Crippen molar-refractivity contribution in [2.75, 3.05) is 20.8 Å². The summed E-state index contributed by atoms with van der Waals surface area (Å²) in [5, 5.41) is 10.3. The molecule has 2 heterocycles. The minimum absolute atomic E-state index is 0.0662. The third-order valence-corrected chi connectivity index (χ3v) is 5.37. The zero-order chi connectivity index (χ0) is 21.8. The number of carbonyl (C=O) groups excluding carboxylic acids is 2. The molecule has 0 saturated heterocycles. The summed E-state index contributed by atoms with van der Waals surface area (Å²) in [6, 6.07) is 3.57. The third kappa shape index (κ3) is 4.58. The molecule has 2 aromatic rings. The number of aryl methyl sites for hydroxylation is 2. The van der Waals surface area contributed by atoms with Gasteiger partial charge in [-0.25, -0.2) is 0 Å². The first-order valence-corrected chi connectivity index (χ1v) is 10.2. The van der Waals surface area contributed by atoms with E-state index in [9.17, 15) is 9.59 Å². The van der Waals surface area contributed by atoms with Gasteiger partial charge in [0.05, 0.1) is 31.7 Å². The van der Waals surface area contributed by atoms with E-state index in [2.05, 4.69) is 15.7 Å². The van der Waals surface area contributed by atoms with Crippen molar-refractivity contribution in [3.05, 3.63) is 40.7 Å². The number of hydrogen-bond donors (Lipinski definition) is 2. The van der Waals surface area contributed by atoms with E-state index in [0.29, 0.717) is 35.6 Å². The Morgan fingerprint density at radius 1 is 1.17 bits per heavy atom. The van der Waals surface area contributed by atoms with Crippen LogP contribution in [-0.2, 0) is 13.0 Å². The molecule has 1 atom stereocenters. The van der Waals surface area contributed by atoms with Crippen molar-refractivity contribution in [3.8, 4) is 11.5 Å². The van der Waals surface area contributed by atoms with Crippen LogP contribution in [0.4, 0.5) is 0 Å². The van der Waals surface area contributed by atoms with E-state index in [4.69, 9.17) is 9.47 Å². The molecule has 0 saturated carbocycles. The molecule has 0 aliphatic carbocycles. The second-order valence-electron chi connectivity index (χ2n) is 7.95. The molecule has 8 heteroatoms. The molecule has 0 fully saturated rings. The van der Waals surface area contributed by atoms with Gasteiger partial charge in [0, 0.05) is 24.7 Å². The lowest BCUT2D eigenvalue weighted by molar-refractivity contribution is 0.0929. The van der Waals surface area contributed by atoms with Crippen molar-refractivity contribution in [1.29, 1.82) is 0 Å². The number of nitrogens with zero attached hydrogens (tertiary/aromatic N) is 2. The first-order valence-electron chi connectivity index (χ1n) is 10.2. The van der Waals surface area contributed by atoms with Crippen molar-refractivity contribution in [3.63, 3.8) is 0 Å². The topological polar surface area (TPSA) is 94.5 Å². The average molecular weight is 415 g/mol. The van der Waals surface area contributed by atoms with Crippen LogP contribution in [-0.4, -0.2) is 48.4 Å². The maximum atomic E-state index is 12.8. The maximum Gasteiger partial charge on any atom is 0.254 e. The molecule has 1 aromatic heterocycles. The number of aromatic nitrogens is 2. The number of benzene rings is 1. The van der Waals surface area contributed by atoms with E-state index in [-0.39, 0.29) is 23.8 Å². The Labute approximate surface area is 176 Å². The SMILES string of the molecule is COc1cc(C)c(C(=O)NC[C@@H]2CCn3ncc(C(=O)NC(C)C)c3C2)cc1OC. The lowest BCUT2D eigenvalue weighted by Gasteiger charge is -2.24. The van der Waals surface area contributed by atoms with Crippen LogP contribution in [0.3, 0.4) is 0 Å². The quantitative estimate of drug-likeness (QED) is 0.725. The summed E-state index contributed by atoms with van der Waals surface area (Å²) in [6.07, 6.45) is 3.23. The van der Waals surface area contributed by atoms with Crippen molar-refractivity contribution < 1.29 is 19.1 Å². The van der Waals surface area contributed by atoms with Gasteiger partial charge >= 0.3 is 0 Å². The van der Waals surface area contributed by atoms with Crippen molar-refractivity contribution in [2.45, 2.75) is 46.2 Å². The molecule has 30 heavy (non-hydrogen) atoms. The van der Waals surface area contributed by atoms with E-state index < -0.39 is 0 Å². The maximum absolute atomic E-state index is 12.8. The minimum atomic E-state index is -0.148. The monoisotopic (exact) mass is 414 g/mol. The second kappa shape index (κ2) is 9.19. The van der Waals surface area contributed by atoms with E-state index >= 15 is 0 Å². The van der Waals surface area contributed by atoms with Crippen LogP contribution in [0.5, 0.6) is 11.5 Å². The van der Waals surface area contributed by atoms with Crippen molar-refractivity contribution >= 4 is 11.8 Å². The highest BCUT2D eigenvalue weighted by atomic mass is 16.5. The van der Waals surface area contributed by atoms with E-state index in [1.165, 1.54) is 0 Å². The van der Waals surface area contributed by atoms with Gasteiger partial charge in [-0.1, -0.05) is 0 Å². The fourth-order valence-electron chi connectivity index (χ4n) is 3.76. The van der Waals surface area contributed by atoms with Gasteiger partial charge in [0.15, 0.2) is 11.5 Å². The molecule has 0 unspecified atom stereocenters. The third-order valence-electron chi connectivity index (χ3n) is 5.37. The normalized spacial score (nSPS) is 15.5. The number of amides is 2. The Kier molecular flexibility index (Phi) is 6.64. The summed E-state index contributed by atoms with van der Waals surface area (Å²) in [5.74, 6) is 1.11. The van der Waals surface area contributed by atoms with Gasteiger partial charge in [0.1, 0.15) is 0 Å². The number of carbonyl (C=O) groups is 2. The lowest BCUT2D eigenvalue weighted by atomic mass is 9.94. The van der Waals surface area contributed by atoms with Gasteiger partial charge in [-0.2, -0.15) is 5.10 Å². The van der Waals surface area contributed by atoms with Crippen molar-refractivity contribution in [2.24, 2.45) is 5.92 Å². The molecule has 3 rings (SSSR count). The number of methoxy groups -OCH3 is 2.